The molecule has 0 amide bonds. The van der Waals surface area contributed by atoms with Gasteiger partial charge < -0.3 is 19.2 Å². The fraction of sp³-hybridized carbons (Fsp3) is 0.714. The predicted molar refractivity (Wildman–Crippen MR) is 69.4 cm³/mol. The lowest BCUT2D eigenvalue weighted by atomic mass is 10.1. The van der Waals surface area contributed by atoms with E-state index in [-0.39, 0.29) is 0 Å². The van der Waals surface area contributed by atoms with Crippen LogP contribution in [-0.4, -0.2) is 26.4 Å². The van der Waals surface area contributed by atoms with Crippen LogP contribution in [0.4, 0.5) is 0 Å². The zero-order chi connectivity index (χ0) is 12.8. The van der Waals surface area contributed by atoms with E-state index in [2.05, 4.69) is 25.2 Å². The van der Waals surface area contributed by atoms with Crippen LogP contribution in [0, 0.1) is 12.8 Å². The number of hydrogen-bond donors (Lipinski definition) is 1. The van der Waals surface area contributed by atoms with E-state index in [1.54, 1.807) is 0 Å². The summed E-state index contributed by atoms with van der Waals surface area (Å²) in [6.45, 7) is 8.94. The Morgan fingerprint density at radius 3 is 3.11 bits per heavy atom. The minimum Gasteiger partial charge on any atom is -0.462 e. The first kappa shape index (κ1) is 13.6. The molecule has 0 spiro atoms. The van der Waals surface area contributed by atoms with Crippen LogP contribution in [0.2, 0.25) is 0 Å². The van der Waals surface area contributed by atoms with E-state index < -0.39 is 0 Å². The summed E-state index contributed by atoms with van der Waals surface area (Å²) in [5, 5.41) is 3.27. The second kappa shape index (κ2) is 6.92. The summed E-state index contributed by atoms with van der Waals surface area (Å²) >= 11 is 0. The van der Waals surface area contributed by atoms with Gasteiger partial charge in [0.05, 0.1) is 19.8 Å². The van der Waals surface area contributed by atoms with E-state index in [4.69, 9.17) is 13.9 Å². The Hall–Kier alpha value is -0.840. The lowest BCUT2D eigenvalue weighted by molar-refractivity contribution is 0.0685. The molecule has 4 heteroatoms. The first-order chi connectivity index (χ1) is 8.79. The third-order valence-electron chi connectivity index (χ3n) is 3.23. The smallest absolute Gasteiger partial charge is 0.130 e. The molecule has 0 aromatic carbocycles. The summed E-state index contributed by atoms with van der Waals surface area (Å²) in [5.41, 5.74) is 1.19. The predicted octanol–water partition coefficient (Wildman–Crippen LogP) is 2.25. The lowest BCUT2D eigenvalue weighted by Gasteiger charge is -2.07. The Labute approximate surface area is 109 Å². The monoisotopic (exact) mass is 253 g/mol. The summed E-state index contributed by atoms with van der Waals surface area (Å²) in [7, 11) is 0. The average Bonchev–Trinajstić information content (AvgIpc) is 2.97. The van der Waals surface area contributed by atoms with Crippen LogP contribution < -0.4 is 5.32 Å². The second-order valence-electron chi connectivity index (χ2n) is 4.84. The topological polar surface area (TPSA) is 43.6 Å². The lowest BCUT2D eigenvalue weighted by Crippen LogP contribution is -2.11. The highest BCUT2D eigenvalue weighted by Crippen LogP contribution is 2.17. The second-order valence-corrected chi connectivity index (χ2v) is 4.84. The highest BCUT2D eigenvalue weighted by Gasteiger charge is 2.16. The molecule has 1 aromatic rings. The van der Waals surface area contributed by atoms with Crippen molar-refractivity contribution in [2.75, 3.05) is 26.4 Å². The van der Waals surface area contributed by atoms with Crippen LogP contribution >= 0.6 is 0 Å². The van der Waals surface area contributed by atoms with Crippen LogP contribution in [0.15, 0.2) is 10.5 Å². The molecule has 4 nitrogen and oxygen atoms in total. The largest absolute Gasteiger partial charge is 0.462 e. The van der Waals surface area contributed by atoms with E-state index in [1.165, 1.54) is 5.56 Å². The highest BCUT2D eigenvalue weighted by atomic mass is 16.5. The molecule has 18 heavy (non-hydrogen) atoms. The van der Waals surface area contributed by atoms with Crippen molar-refractivity contribution in [2.24, 2.45) is 5.92 Å². The minimum atomic E-state index is 0.558. The van der Waals surface area contributed by atoms with Gasteiger partial charge in [-0.25, -0.2) is 0 Å². The molecule has 1 saturated heterocycles. The molecule has 2 rings (SSSR count). The molecular weight excluding hydrogens is 230 g/mol. The van der Waals surface area contributed by atoms with Gasteiger partial charge in [-0.1, -0.05) is 6.92 Å². The van der Waals surface area contributed by atoms with Crippen molar-refractivity contribution < 1.29 is 13.9 Å². The number of ether oxygens (including phenoxy) is 2. The molecule has 0 bridgehead atoms. The number of hydrogen-bond acceptors (Lipinski definition) is 4. The summed E-state index contributed by atoms with van der Waals surface area (Å²) in [6.07, 6.45) is 1.11. The van der Waals surface area contributed by atoms with Gasteiger partial charge in [0.15, 0.2) is 0 Å². The number of aryl methyl sites for hydroxylation is 1. The van der Waals surface area contributed by atoms with Gasteiger partial charge in [0.25, 0.3) is 0 Å². The molecule has 1 fully saturated rings. The average molecular weight is 253 g/mol. The fourth-order valence-electron chi connectivity index (χ4n) is 2.12. The van der Waals surface area contributed by atoms with Gasteiger partial charge in [-0.15, -0.1) is 0 Å². The molecule has 2 heterocycles. The van der Waals surface area contributed by atoms with Gasteiger partial charge in [-0.2, -0.15) is 0 Å². The summed E-state index contributed by atoms with van der Waals surface area (Å²) in [6, 6.07) is 2.07. The molecule has 102 valence electrons. The Morgan fingerprint density at radius 2 is 2.39 bits per heavy atom. The standard InChI is InChI=1S/C14H23NO3/c1-3-15-7-14-11(2)6-13(18-14)10-17-9-12-4-5-16-8-12/h6,12,15H,3-5,7-10H2,1-2H3. The maximum absolute atomic E-state index is 5.76. The first-order valence-corrected chi connectivity index (χ1v) is 6.74. The molecule has 0 aliphatic carbocycles. The van der Waals surface area contributed by atoms with Gasteiger partial charge in [0.2, 0.25) is 0 Å². The van der Waals surface area contributed by atoms with E-state index >= 15 is 0 Å². The van der Waals surface area contributed by atoms with Gasteiger partial charge in [-0.05, 0) is 31.5 Å². The first-order valence-electron chi connectivity index (χ1n) is 6.74. The molecule has 1 atom stereocenters. The van der Waals surface area contributed by atoms with Crippen molar-refractivity contribution in [3.63, 3.8) is 0 Å². The van der Waals surface area contributed by atoms with Crippen LogP contribution in [0.5, 0.6) is 0 Å². The Bertz CT molecular complexity index is 356. The molecule has 1 unspecified atom stereocenters. The molecular formula is C14H23NO3. The fourth-order valence-corrected chi connectivity index (χ4v) is 2.12. The van der Waals surface area contributed by atoms with Crippen molar-refractivity contribution in [2.45, 2.75) is 33.4 Å². The van der Waals surface area contributed by atoms with Crippen molar-refractivity contribution in [1.29, 1.82) is 0 Å². The van der Waals surface area contributed by atoms with E-state index in [0.717, 1.165) is 50.9 Å². The quantitative estimate of drug-likeness (QED) is 0.809. The Morgan fingerprint density at radius 1 is 1.50 bits per heavy atom. The SMILES string of the molecule is CCNCc1oc(COCC2CCOC2)cc1C. The number of nitrogens with one attached hydrogen (secondary N) is 1. The molecule has 0 saturated carbocycles. The minimum absolute atomic E-state index is 0.558. The van der Waals surface area contributed by atoms with Crippen LogP contribution in [-0.2, 0) is 22.6 Å². The van der Waals surface area contributed by atoms with E-state index in [1.807, 2.05) is 0 Å². The normalized spacial score (nSPS) is 19.6. The number of furan rings is 1. The van der Waals surface area contributed by atoms with Crippen LogP contribution in [0.1, 0.15) is 30.4 Å². The van der Waals surface area contributed by atoms with Crippen molar-refractivity contribution >= 4 is 0 Å². The Kier molecular flexibility index (Phi) is 5.23. The zero-order valence-corrected chi connectivity index (χ0v) is 11.3. The molecule has 1 aliphatic heterocycles. The van der Waals surface area contributed by atoms with Gasteiger partial charge in [0, 0.05) is 12.5 Å². The zero-order valence-electron chi connectivity index (χ0n) is 11.3. The van der Waals surface area contributed by atoms with Crippen molar-refractivity contribution in [3.05, 3.63) is 23.2 Å². The molecule has 1 N–H and O–H groups in total. The number of rotatable bonds is 7. The van der Waals surface area contributed by atoms with E-state index in [0.29, 0.717) is 12.5 Å². The third kappa shape index (κ3) is 3.83. The van der Waals surface area contributed by atoms with Gasteiger partial charge in [0.1, 0.15) is 18.1 Å². The summed E-state index contributed by atoms with van der Waals surface area (Å²) in [4.78, 5) is 0. The molecule has 1 aliphatic rings. The highest BCUT2D eigenvalue weighted by molar-refractivity contribution is 5.19. The van der Waals surface area contributed by atoms with Crippen LogP contribution in [0.25, 0.3) is 0 Å². The summed E-state index contributed by atoms with van der Waals surface area (Å²) < 4.78 is 16.8. The van der Waals surface area contributed by atoms with Gasteiger partial charge in [-0.3, -0.25) is 0 Å². The van der Waals surface area contributed by atoms with Crippen LogP contribution in [0.3, 0.4) is 0 Å². The third-order valence-corrected chi connectivity index (χ3v) is 3.23. The maximum atomic E-state index is 5.76. The van der Waals surface area contributed by atoms with Gasteiger partial charge >= 0.3 is 0 Å². The van der Waals surface area contributed by atoms with E-state index in [9.17, 15) is 0 Å². The summed E-state index contributed by atoms with van der Waals surface area (Å²) in [5.74, 6) is 2.49. The molecule has 1 aromatic heterocycles. The Balaban J connectivity index is 1.74. The maximum Gasteiger partial charge on any atom is 0.130 e. The van der Waals surface area contributed by atoms with Crippen molar-refractivity contribution in [1.82, 2.24) is 5.32 Å². The molecule has 0 radical (unpaired) electrons. The van der Waals surface area contributed by atoms with Crippen molar-refractivity contribution in [3.8, 4) is 0 Å².